The Bertz CT molecular complexity index is 402. The van der Waals surface area contributed by atoms with Crippen molar-refractivity contribution in [1.82, 2.24) is 5.32 Å². The molecule has 1 heterocycles. The van der Waals surface area contributed by atoms with Crippen LogP contribution in [-0.2, 0) is 6.42 Å². The van der Waals surface area contributed by atoms with Gasteiger partial charge >= 0.3 is 0 Å². The minimum Gasteiger partial charge on any atom is -0.370 e. The van der Waals surface area contributed by atoms with Crippen LogP contribution in [0, 0.1) is 5.41 Å². The Morgan fingerprint density at radius 3 is 2.50 bits per heavy atom. The maximum Gasteiger partial charge on any atom is 0.0366 e. The summed E-state index contributed by atoms with van der Waals surface area (Å²) >= 11 is 0. The van der Waals surface area contributed by atoms with Gasteiger partial charge in [0.05, 0.1) is 0 Å². The number of nitrogens with one attached hydrogen (secondary N) is 1. The third-order valence-electron chi connectivity index (χ3n) is 4.28. The van der Waals surface area contributed by atoms with Crippen molar-refractivity contribution in [2.45, 2.75) is 53.0 Å². The fraction of sp³-hybridized carbons (Fsp3) is 0.667. The summed E-state index contributed by atoms with van der Waals surface area (Å²) in [5.74, 6) is 0. The number of anilines is 1. The molecule has 1 unspecified atom stereocenters. The third kappa shape index (κ3) is 3.99. The van der Waals surface area contributed by atoms with E-state index in [0.29, 0.717) is 11.5 Å². The molecule has 0 aromatic heterocycles. The zero-order chi connectivity index (χ0) is 14.6. The van der Waals surface area contributed by atoms with Crippen LogP contribution in [0.1, 0.15) is 46.1 Å². The van der Waals surface area contributed by atoms with Crippen molar-refractivity contribution >= 4 is 5.69 Å². The average molecular weight is 274 g/mol. The van der Waals surface area contributed by atoms with E-state index in [-0.39, 0.29) is 0 Å². The zero-order valence-electron chi connectivity index (χ0n) is 13.6. The lowest BCUT2D eigenvalue weighted by molar-refractivity contribution is 0.280. The molecular weight excluding hydrogens is 244 g/mol. The summed E-state index contributed by atoms with van der Waals surface area (Å²) in [4.78, 5) is 2.55. The third-order valence-corrected chi connectivity index (χ3v) is 4.28. The molecule has 2 heteroatoms. The minimum absolute atomic E-state index is 0.310. The molecule has 1 atom stereocenters. The van der Waals surface area contributed by atoms with Crippen molar-refractivity contribution in [2.75, 3.05) is 24.5 Å². The molecule has 2 rings (SSSR count). The number of nitrogens with zero attached hydrogens (tertiary/aromatic N) is 1. The van der Waals surface area contributed by atoms with Gasteiger partial charge in [-0.25, -0.2) is 0 Å². The van der Waals surface area contributed by atoms with Gasteiger partial charge < -0.3 is 10.2 Å². The Kier molecular flexibility index (Phi) is 5.09. The van der Waals surface area contributed by atoms with Crippen molar-refractivity contribution < 1.29 is 0 Å². The average Bonchev–Trinajstić information content (AvgIpc) is 2.65. The monoisotopic (exact) mass is 274 g/mol. The van der Waals surface area contributed by atoms with Crippen molar-refractivity contribution in [1.29, 1.82) is 0 Å². The lowest BCUT2D eigenvalue weighted by Crippen LogP contribution is -2.46. The molecule has 20 heavy (non-hydrogen) atoms. The van der Waals surface area contributed by atoms with Crippen LogP contribution in [0.15, 0.2) is 24.3 Å². The van der Waals surface area contributed by atoms with E-state index in [2.05, 4.69) is 62.2 Å². The second-order valence-electron chi connectivity index (χ2n) is 7.09. The Hall–Kier alpha value is -1.02. The van der Waals surface area contributed by atoms with Gasteiger partial charge in [-0.3, -0.25) is 0 Å². The molecule has 1 N–H and O–H groups in total. The first-order valence-electron chi connectivity index (χ1n) is 8.08. The predicted octanol–water partition coefficient (Wildman–Crippen LogP) is 3.85. The van der Waals surface area contributed by atoms with E-state index in [4.69, 9.17) is 0 Å². The molecule has 0 amide bonds. The molecule has 0 aliphatic carbocycles. The number of hydrogen-bond donors (Lipinski definition) is 1. The summed E-state index contributed by atoms with van der Waals surface area (Å²) in [6.45, 7) is 12.6. The summed E-state index contributed by atoms with van der Waals surface area (Å²) in [5.41, 5.74) is 3.14. The van der Waals surface area contributed by atoms with Crippen molar-refractivity contribution in [3.05, 3.63) is 29.8 Å². The van der Waals surface area contributed by atoms with E-state index < -0.39 is 0 Å². The molecule has 1 saturated heterocycles. The molecule has 0 bridgehead atoms. The molecule has 112 valence electrons. The summed E-state index contributed by atoms with van der Waals surface area (Å²) < 4.78 is 0. The lowest BCUT2D eigenvalue weighted by Gasteiger charge is -2.34. The maximum atomic E-state index is 3.71. The fourth-order valence-corrected chi connectivity index (χ4v) is 2.90. The van der Waals surface area contributed by atoms with Gasteiger partial charge in [0.1, 0.15) is 0 Å². The molecule has 0 radical (unpaired) electrons. The zero-order valence-corrected chi connectivity index (χ0v) is 13.6. The standard InChI is InChI=1S/C18H30N2/c1-5-7-15-8-10-16(11-9-15)20-13-6-12-19-17(14-20)18(2,3)4/h8-11,17,19H,5-7,12-14H2,1-4H3. The highest BCUT2D eigenvalue weighted by Gasteiger charge is 2.28. The normalized spacial score (nSPS) is 20.8. The summed E-state index contributed by atoms with van der Waals surface area (Å²) in [6.07, 6.45) is 3.63. The van der Waals surface area contributed by atoms with Crippen LogP contribution in [0.2, 0.25) is 0 Å². The summed E-state index contributed by atoms with van der Waals surface area (Å²) in [6, 6.07) is 9.75. The van der Waals surface area contributed by atoms with Crippen LogP contribution in [-0.4, -0.2) is 25.7 Å². The van der Waals surface area contributed by atoms with Gasteiger partial charge in [0.2, 0.25) is 0 Å². The smallest absolute Gasteiger partial charge is 0.0366 e. The van der Waals surface area contributed by atoms with Gasteiger partial charge in [0, 0.05) is 24.8 Å². The maximum absolute atomic E-state index is 3.71. The van der Waals surface area contributed by atoms with E-state index in [0.717, 1.165) is 19.6 Å². The summed E-state index contributed by atoms with van der Waals surface area (Å²) in [5, 5.41) is 3.71. The van der Waals surface area contributed by atoms with Crippen LogP contribution in [0.4, 0.5) is 5.69 Å². The number of rotatable bonds is 3. The first-order chi connectivity index (χ1) is 9.50. The van der Waals surface area contributed by atoms with Gasteiger partial charge in [0.15, 0.2) is 0 Å². The Morgan fingerprint density at radius 1 is 1.20 bits per heavy atom. The van der Waals surface area contributed by atoms with Gasteiger partial charge in [-0.2, -0.15) is 0 Å². The SMILES string of the molecule is CCCc1ccc(N2CCCNC(C(C)(C)C)C2)cc1. The Labute approximate surface area is 124 Å². The second kappa shape index (κ2) is 6.62. The van der Waals surface area contributed by atoms with E-state index in [1.165, 1.54) is 30.5 Å². The number of aryl methyl sites for hydroxylation is 1. The minimum atomic E-state index is 0.310. The molecule has 1 aliphatic heterocycles. The molecule has 1 fully saturated rings. The van der Waals surface area contributed by atoms with Gasteiger partial charge in [0.25, 0.3) is 0 Å². The highest BCUT2D eigenvalue weighted by Crippen LogP contribution is 2.25. The molecule has 2 nitrogen and oxygen atoms in total. The van der Waals surface area contributed by atoms with E-state index in [1.54, 1.807) is 0 Å². The molecule has 0 saturated carbocycles. The largest absolute Gasteiger partial charge is 0.370 e. The predicted molar refractivity (Wildman–Crippen MR) is 88.5 cm³/mol. The van der Waals surface area contributed by atoms with Gasteiger partial charge in [-0.05, 0) is 42.5 Å². The van der Waals surface area contributed by atoms with Crippen molar-refractivity contribution in [3.8, 4) is 0 Å². The highest BCUT2D eigenvalue weighted by molar-refractivity contribution is 5.48. The van der Waals surface area contributed by atoms with Crippen LogP contribution in [0.3, 0.4) is 0 Å². The lowest BCUT2D eigenvalue weighted by atomic mass is 9.86. The molecule has 1 aliphatic rings. The van der Waals surface area contributed by atoms with Gasteiger partial charge in [-0.1, -0.05) is 46.2 Å². The highest BCUT2D eigenvalue weighted by atomic mass is 15.2. The van der Waals surface area contributed by atoms with Crippen molar-refractivity contribution in [2.24, 2.45) is 5.41 Å². The number of hydrogen-bond acceptors (Lipinski definition) is 2. The van der Waals surface area contributed by atoms with Crippen LogP contribution < -0.4 is 10.2 Å². The Balaban J connectivity index is 2.09. The van der Waals surface area contributed by atoms with E-state index in [9.17, 15) is 0 Å². The Morgan fingerprint density at radius 2 is 1.90 bits per heavy atom. The van der Waals surface area contributed by atoms with Gasteiger partial charge in [-0.15, -0.1) is 0 Å². The second-order valence-corrected chi connectivity index (χ2v) is 7.09. The van der Waals surface area contributed by atoms with Crippen molar-refractivity contribution in [3.63, 3.8) is 0 Å². The molecular formula is C18H30N2. The molecule has 1 aromatic carbocycles. The first kappa shape index (κ1) is 15.4. The van der Waals surface area contributed by atoms with Crippen LogP contribution in [0.5, 0.6) is 0 Å². The molecule has 0 spiro atoms. The number of benzene rings is 1. The van der Waals surface area contributed by atoms with E-state index in [1.807, 2.05) is 0 Å². The summed E-state index contributed by atoms with van der Waals surface area (Å²) in [7, 11) is 0. The van der Waals surface area contributed by atoms with E-state index >= 15 is 0 Å². The topological polar surface area (TPSA) is 15.3 Å². The van der Waals surface area contributed by atoms with Crippen LogP contribution >= 0.6 is 0 Å². The first-order valence-corrected chi connectivity index (χ1v) is 8.08. The molecule has 1 aromatic rings. The van der Waals surface area contributed by atoms with Crippen LogP contribution in [0.25, 0.3) is 0 Å². The quantitative estimate of drug-likeness (QED) is 0.900. The fourth-order valence-electron chi connectivity index (χ4n) is 2.90.